The van der Waals surface area contributed by atoms with Crippen molar-refractivity contribution < 1.29 is 4.79 Å². The van der Waals surface area contributed by atoms with Gasteiger partial charge in [0.25, 0.3) is 0 Å². The summed E-state index contributed by atoms with van der Waals surface area (Å²) in [5.41, 5.74) is 34.7. The number of ketones is 1. The van der Waals surface area contributed by atoms with Crippen LogP contribution in [0.2, 0.25) is 0 Å². The van der Waals surface area contributed by atoms with Crippen molar-refractivity contribution in [1.29, 1.82) is 0 Å². The molecule has 8 N–H and O–H groups in total. The molecule has 316 valence electrons. The van der Waals surface area contributed by atoms with Crippen molar-refractivity contribution in [3.05, 3.63) is 179 Å². The van der Waals surface area contributed by atoms with Crippen LogP contribution in [-0.4, -0.2) is 5.78 Å². The Morgan fingerprint density at radius 3 is 0.931 bits per heavy atom. The summed E-state index contributed by atoms with van der Waals surface area (Å²) in [7, 11) is 0. The number of aryl methyl sites for hydroxylation is 2. The number of carbonyl (C=O) groups is 1. The fraction of sp³-hybridized carbons (Fsp3) is 0.302. The molecule has 6 rings (SSSR count). The Morgan fingerprint density at radius 1 is 0.345 bits per heavy atom. The van der Waals surface area contributed by atoms with Crippen molar-refractivity contribution in [3.63, 3.8) is 0 Å². The number of nitrogen functional groups attached to an aromatic ring is 4. The molecule has 0 aliphatic heterocycles. The molecule has 0 aliphatic carbocycles. The summed E-state index contributed by atoms with van der Waals surface area (Å²) in [5.74, 6) is 0.0785. The molecule has 0 atom stereocenters. The number of hydrogen-bond donors (Lipinski definition) is 4. The van der Waals surface area contributed by atoms with Crippen LogP contribution < -0.4 is 22.9 Å². The highest BCUT2D eigenvalue weighted by Gasteiger charge is 2.06. The highest BCUT2D eigenvalue weighted by atomic mass is 16.1. The Morgan fingerprint density at radius 2 is 0.586 bits per heavy atom. The number of carbonyl (C=O) groups excluding carboxylic acids is 1. The van der Waals surface area contributed by atoms with Crippen LogP contribution in [0, 0.1) is 13.8 Å². The van der Waals surface area contributed by atoms with E-state index >= 15 is 0 Å². The first-order chi connectivity index (χ1) is 28.1. The lowest BCUT2D eigenvalue weighted by Gasteiger charge is -2.02. The van der Waals surface area contributed by atoms with E-state index in [0.29, 0.717) is 23.4 Å². The largest absolute Gasteiger partial charge is 0.399 e. The Balaban J connectivity index is -0.000000693. The zero-order valence-electron chi connectivity index (χ0n) is 38.5. The van der Waals surface area contributed by atoms with Gasteiger partial charge in [0.2, 0.25) is 0 Å². The van der Waals surface area contributed by atoms with Crippen molar-refractivity contribution in [2.24, 2.45) is 0 Å². The van der Waals surface area contributed by atoms with Crippen LogP contribution in [0.5, 0.6) is 0 Å². The van der Waals surface area contributed by atoms with Crippen LogP contribution in [0.15, 0.2) is 146 Å². The second-order valence-electron chi connectivity index (χ2n) is 11.4. The molecule has 0 bridgehead atoms. The zero-order chi connectivity index (χ0) is 44.9. The van der Waals surface area contributed by atoms with Gasteiger partial charge in [-0.15, -0.1) is 0 Å². The SMILES string of the molecule is CC.CC.CC.CC.CC.CC.Cc1ccc(-c2ccc(N)cc2)cc1.Cc1ccc(Cc2ccc(N)cc2)cc1.Nc1ccc(CC(=O)c2ccc(N)cc2)cc1. The fourth-order valence-electron chi connectivity index (χ4n) is 4.59. The summed E-state index contributed by atoms with van der Waals surface area (Å²) < 4.78 is 0. The van der Waals surface area contributed by atoms with Gasteiger partial charge in [0.15, 0.2) is 5.78 Å². The average molecular weight is 787 g/mol. The van der Waals surface area contributed by atoms with Crippen molar-refractivity contribution in [3.8, 4) is 11.1 Å². The minimum Gasteiger partial charge on any atom is -0.399 e. The van der Waals surface area contributed by atoms with Gasteiger partial charge in [-0.3, -0.25) is 4.79 Å². The summed E-state index contributed by atoms with van der Waals surface area (Å²) in [6.45, 7) is 28.2. The molecule has 0 unspecified atom stereocenters. The van der Waals surface area contributed by atoms with Gasteiger partial charge in [0.05, 0.1) is 0 Å². The van der Waals surface area contributed by atoms with Gasteiger partial charge in [-0.2, -0.15) is 0 Å². The quantitative estimate of drug-likeness (QED) is 0.0989. The summed E-state index contributed by atoms with van der Waals surface area (Å²) >= 11 is 0. The number of rotatable bonds is 6. The number of Topliss-reactive ketones (excluding diaryl/α,β-unsaturated/α-hetero) is 1. The van der Waals surface area contributed by atoms with E-state index in [-0.39, 0.29) is 5.78 Å². The van der Waals surface area contributed by atoms with Crippen LogP contribution in [0.25, 0.3) is 11.1 Å². The maximum atomic E-state index is 11.9. The molecule has 0 aromatic heterocycles. The molecule has 0 amide bonds. The lowest BCUT2D eigenvalue weighted by atomic mass is 10.0. The maximum absolute atomic E-state index is 11.9. The minimum atomic E-state index is 0.0785. The van der Waals surface area contributed by atoms with Crippen molar-refractivity contribution in [1.82, 2.24) is 0 Å². The molecule has 6 aromatic rings. The summed E-state index contributed by atoms with van der Waals surface area (Å²) in [5, 5.41) is 0. The fourth-order valence-corrected chi connectivity index (χ4v) is 4.59. The van der Waals surface area contributed by atoms with Gasteiger partial charge in [0, 0.05) is 34.7 Å². The topological polar surface area (TPSA) is 121 Å². The predicted octanol–water partition coefficient (Wildman–Crippen LogP) is 14.8. The third-order valence-electron chi connectivity index (χ3n) is 7.38. The van der Waals surface area contributed by atoms with Gasteiger partial charge < -0.3 is 22.9 Å². The lowest BCUT2D eigenvalue weighted by molar-refractivity contribution is 0.0993. The molecular formula is C53H78N4O. The molecule has 0 spiro atoms. The van der Waals surface area contributed by atoms with Gasteiger partial charge in [0.1, 0.15) is 0 Å². The van der Waals surface area contributed by atoms with E-state index in [1.807, 2.05) is 132 Å². The first-order valence-corrected chi connectivity index (χ1v) is 21.2. The van der Waals surface area contributed by atoms with Gasteiger partial charge in [-0.05, 0) is 109 Å². The Bertz CT molecular complexity index is 1710. The normalized spacial score (nSPS) is 8.66. The molecular weight excluding hydrogens is 709 g/mol. The summed E-state index contributed by atoms with van der Waals surface area (Å²) in [4.78, 5) is 11.9. The van der Waals surface area contributed by atoms with Crippen molar-refractivity contribution in [2.75, 3.05) is 22.9 Å². The molecule has 0 radical (unpaired) electrons. The van der Waals surface area contributed by atoms with Gasteiger partial charge in [-0.1, -0.05) is 179 Å². The van der Waals surface area contributed by atoms with Crippen molar-refractivity contribution in [2.45, 2.75) is 110 Å². The third-order valence-corrected chi connectivity index (χ3v) is 7.38. The molecule has 5 nitrogen and oxygen atoms in total. The third kappa shape index (κ3) is 24.7. The van der Waals surface area contributed by atoms with Crippen LogP contribution in [0.3, 0.4) is 0 Å². The maximum Gasteiger partial charge on any atom is 0.167 e. The molecule has 0 saturated carbocycles. The number of hydrogen-bond acceptors (Lipinski definition) is 5. The summed E-state index contributed by atoms with van der Waals surface area (Å²) in [6, 6.07) is 47.4. The highest BCUT2D eigenvalue weighted by Crippen LogP contribution is 2.20. The monoisotopic (exact) mass is 787 g/mol. The number of anilines is 4. The Hall–Kier alpha value is -5.81. The first-order valence-electron chi connectivity index (χ1n) is 21.2. The number of benzene rings is 6. The Kier molecular flexibility index (Phi) is 35.9. The average Bonchev–Trinajstić information content (AvgIpc) is 3.29. The van der Waals surface area contributed by atoms with Crippen molar-refractivity contribution >= 4 is 28.5 Å². The van der Waals surface area contributed by atoms with Crippen LogP contribution >= 0.6 is 0 Å². The molecule has 58 heavy (non-hydrogen) atoms. The van der Waals surface area contributed by atoms with Crippen LogP contribution in [0.1, 0.15) is 121 Å². The minimum absolute atomic E-state index is 0.0785. The van der Waals surface area contributed by atoms with E-state index in [2.05, 4.69) is 74.5 Å². The standard InChI is InChI=1S/C14H14N2O.C14H15N.C13H13N.6C2H6/c15-12-5-1-10(2-6-12)9-14(17)11-3-7-13(16)8-4-11;1-11-2-4-12(5-3-11)10-13-6-8-14(15)9-7-13;1-10-2-4-11(5-3-10)12-6-8-13(14)9-7-12;6*1-2/h1-8H,9,15-16H2;2-9H,10,15H2,1H3;2-9H,14H2,1H3;6*1-2H3. The van der Waals surface area contributed by atoms with Crippen LogP contribution in [0.4, 0.5) is 22.7 Å². The second-order valence-corrected chi connectivity index (χ2v) is 11.4. The first kappa shape index (κ1) is 56.5. The van der Waals surface area contributed by atoms with E-state index in [1.165, 1.54) is 33.4 Å². The molecule has 5 heteroatoms. The second kappa shape index (κ2) is 36.8. The van der Waals surface area contributed by atoms with Gasteiger partial charge in [-0.25, -0.2) is 0 Å². The van der Waals surface area contributed by atoms with E-state index in [4.69, 9.17) is 22.9 Å². The molecule has 0 aliphatic rings. The highest BCUT2D eigenvalue weighted by molar-refractivity contribution is 5.97. The predicted molar refractivity (Wildman–Crippen MR) is 264 cm³/mol. The van der Waals surface area contributed by atoms with E-state index < -0.39 is 0 Å². The smallest absolute Gasteiger partial charge is 0.167 e. The molecule has 0 fully saturated rings. The van der Waals surface area contributed by atoms with E-state index in [0.717, 1.165) is 23.4 Å². The molecule has 0 heterocycles. The number of nitrogens with two attached hydrogens (primary N) is 4. The molecule has 0 saturated heterocycles. The van der Waals surface area contributed by atoms with E-state index in [1.54, 1.807) is 36.4 Å². The van der Waals surface area contributed by atoms with Crippen LogP contribution in [-0.2, 0) is 12.8 Å². The Labute approximate surface area is 354 Å². The van der Waals surface area contributed by atoms with Gasteiger partial charge >= 0.3 is 0 Å². The zero-order valence-corrected chi connectivity index (χ0v) is 38.5. The molecule has 6 aromatic carbocycles. The lowest BCUT2D eigenvalue weighted by Crippen LogP contribution is -2.03. The van der Waals surface area contributed by atoms with E-state index in [9.17, 15) is 4.79 Å². The summed E-state index contributed by atoms with van der Waals surface area (Å²) in [6.07, 6.45) is 1.35.